The maximum absolute atomic E-state index is 6.11. The Morgan fingerprint density at radius 3 is 0.622 bits per heavy atom. The first kappa shape index (κ1) is 78.0. The number of hydrogen-bond donors (Lipinski definition) is 0. The van der Waals surface area contributed by atoms with E-state index in [0.717, 1.165) is 37.6 Å². The number of unbranched alkanes of at least 4 members (excludes halogenated alkanes) is 26. The van der Waals surface area contributed by atoms with Gasteiger partial charge in [-0.1, -0.05) is 128 Å². The Morgan fingerprint density at radius 1 is 0.243 bits per heavy atom. The van der Waals surface area contributed by atoms with E-state index in [-0.39, 0.29) is 67.9 Å². The van der Waals surface area contributed by atoms with Crippen molar-refractivity contribution in [2.75, 3.05) is 122 Å². The molecule has 0 fully saturated rings. The second-order valence-corrected chi connectivity index (χ2v) is 24.9. The Balaban J connectivity index is -0.0000126. The molecule has 0 amide bonds. The first-order valence-electron chi connectivity index (χ1n) is 30.4. The van der Waals surface area contributed by atoms with E-state index in [1.54, 1.807) is 0 Å². The van der Waals surface area contributed by atoms with Crippen molar-refractivity contribution in [3.8, 4) is 22.6 Å². The van der Waals surface area contributed by atoms with E-state index >= 15 is 0 Å². The van der Waals surface area contributed by atoms with E-state index in [0.29, 0.717) is 0 Å². The quantitative estimate of drug-likeness (QED) is 0.0691. The highest BCUT2D eigenvalue weighted by atomic mass is 79.9. The summed E-state index contributed by atoms with van der Waals surface area (Å²) in [4.78, 5) is 0. The lowest BCUT2D eigenvalue weighted by atomic mass is 10.1. The normalized spacial score (nSPS) is 11.9. The van der Waals surface area contributed by atoms with Gasteiger partial charge in [-0.05, 0) is 151 Å². The van der Waals surface area contributed by atoms with Crippen LogP contribution in [0.4, 0.5) is 0 Å². The molecule has 0 aromatic heterocycles. The maximum Gasteiger partial charge on any atom is 0.119 e. The standard InChI is InChI=1S/C64H122N4O2.4BrH/c1-11-13-15-33-51-65(3,4)55-37-27-29-39-57-67(7,8)53-35-25-21-17-19-23-31-41-59-69-63-47-43-61(44-48-63)62-45-49-64(50-46-62)70-60-42-32-24-20-18-22-26-36-54-68(9,10)58-40-30-28-38-56-66(5,6)52-34-16-14-12-2;;;;/h43-50H,11-42,51-60H2,1-10H3;4*1H/q+4;;;;/p-4. The van der Waals surface area contributed by atoms with Crippen LogP contribution in [0.3, 0.4) is 0 Å². The zero-order valence-corrected chi connectivity index (χ0v) is 56.8. The molecule has 0 spiro atoms. The molecule has 0 saturated heterocycles. The predicted molar refractivity (Wildman–Crippen MR) is 309 cm³/mol. The largest absolute Gasteiger partial charge is 1.00 e. The minimum atomic E-state index is 0. The average Bonchev–Trinajstić information content (AvgIpc) is 3.32. The highest BCUT2D eigenvalue weighted by molar-refractivity contribution is 5.64. The number of nitrogens with zero attached hydrogens (tertiary/aromatic N) is 4. The number of hydrogen-bond acceptors (Lipinski definition) is 2. The first-order valence-corrected chi connectivity index (χ1v) is 30.4. The van der Waals surface area contributed by atoms with Crippen molar-refractivity contribution in [3.05, 3.63) is 48.5 Å². The molecule has 2 aromatic rings. The van der Waals surface area contributed by atoms with E-state index in [9.17, 15) is 0 Å². The third kappa shape index (κ3) is 44.6. The second kappa shape index (κ2) is 48.7. The number of benzene rings is 2. The summed E-state index contributed by atoms with van der Waals surface area (Å²) >= 11 is 0. The van der Waals surface area contributed by atoms with Crippen LogP contribution in [0.2, 0.25) is 0 Å². The number of quaternary nitrogens is 4. The molecule has 0 atom stereocenters. The summed E-state index contributed by atoms with van der Waals surface area (Å²) in [7, 11) is 19.5. The Kier molecular flexibility index (Phi) is 51.3. The van der Waals surface area contributed by atoms with Crippen molar-refractivity contribution in [1.82, 2.24) is 0 Å². The van der Waals surface area contributed by atoms with Crippen LogP contribution < -0.4 is 77.4 Å². The molecule has 2 rings (SSSR count). The van der Waals surface area contributed by atoms with Gasteiger partial charge in [0, 0.05) is 0 Å². The SMILES string of the molecule is CCCCCC[N+](C)(C)CCCCCC[N+](C)(C)CCCCCCCCCCOc1ccc(-c2ccc(OCCCCCCCCCC[N+](C)(C)CCCCCC[N+](C)(C)CCCCCC)cc2)cc1.[Br-].[Br-].[Br-].[Br-]. The topological polar surface area (TPSA) is 18.5 Å². The van der Waals surface area contributed by atoms with Crippen molar-refractivity contribution < 1.29 is 95.3 Å². The van der Waals surface area contributed by atoms with E-state index in [4.69, 9.17) is 9.47 Å². The van der Waals surface area contributed by atoms with Crippen molar-refractivity contribution in [2.24, 2.45) is 0 Å². The van der Waals surface area contributed by atoms with Crippen LogP contribution in [0, 0.1) is 0 Å². The van der Waals surface area contributed by atoms with Crippen LogP contribution in [0.5, 0.6) is 11.5 Å². The van der Waals surface area contributed by atoms with Gasteiger partial charge < -0.3 is 95.3 Å². The van der Waals surface area contributed by atoms with Gasteiger partial charge in [0.25, 0.3) is 0 Å². The molecule has 0 aliphatic rings. The summed E-state index contributed by atoms with van der Waals surface area (Å²) in [6.07, 6.45) is 43.5. The zero-order valence-electron chi connectivity index (χ0n) is 50.4. The average molecular weight is 1300 g/mol. The Hall–Kier alpha value is -0.200. The summed E-state index contributed by atoms with van der Waals surface area (Å²) < 4.78 is 17.0. The summed E-state index contributed by atoms with van der Waals surface area (Å²) in [5, 5.41) is 0. The molecule has 0 unspecified atom stereocenters. The number of ether oxygens (including phenoxy) is 2. The van der Waals surface area contributed by atoms with Crippen LogP contribution in [0.1, 0.15) is 219 Å². The Bertz CT molecular complexity index is 1380. The van der Waals surface area contributed by atoms with Gasteiger partial charge >= 0.3 is 0 Å². The Labute approximate surface area is 504 Å². The molecule has 2 aromatic carbocycles. The molecular weight excluding hydrogens is 1180 g/mol. The lowest BCUT2D eigenvalue weighted by Gasteiger charge is -2.31. The lowest BCUT2D eigenvalue weighted by molar-refractivity contribution is -0.891. The van der Waals surface area contributed by atoms with Crippen LogP contribution in [0.15, 0.2) is 48.5 Å². The minimum Gasteiger partial charge on any atom is -1.00 e. The van der Waals surface area contributed by atoms with E-state index < -0.39 is 0 Å². The second-order valence-electron chi connectivity index (χ2n) is 24.9. The van der Waals surface area contributed by atoms with Gasteiger partial charge in [-0.3, -0.25) is 0 Å². The molecule has 438 valence electrons. The van der Waals surface area contributed by atoms with Crippen molar-refractivity contribution in [1.29, 1.82) is 0 Å². The van der Waals surface area contributed by atoms with Gasteiger partial charge in [-0.15, -0.1) is 0 Å². The fourth-order valence-corrected chi connectivity index (χ4v) is 10.5. The van der Waals surface area contributed by atoms with Gasteiger partial charge in [0.05, 0.1) is 122 Å². The molecular formula is C64H122Br4N4O2. The molecule has 0 bridgehead atoms. The fraction of sp³-hybridized carbons (Fsp3) is 0.812. The summed E-state index contributed by atoms with van der Waals surface area (Å²) in [6, 6.07) is 17.2. The predicted octanol–water partition coefficient (Wildman–Crippen LogP) is 4.96. The van der Waals surface area contributed by atoms with Gasteiger partial charge in [0.2, 0.25) is 0 Å². The third-order valence-electron chi connectivity index (χ3n) is 15.7. The minimum absolute atomic E-state index is 0. The highest BCUT2D eigenvalue weighted by Crippen LogP contribution is 2.25. The van der Waals surface area contributed by atoms with Crippen LogP contribution >= 0.6 is 0 Å². The van der Waals surface area contributed by atoms with E-state index in [2.05, 4.69) is 119 Å². The van der Waals surface area contributed by atoms with Crippen LogP contribution in [-0.4, -0.2) is 140 Å². The van der Waals surface area contributed by atoms with Gasteiger partial charge in [-0.25, -0.2) is 0 Å². The number of halogens is 4. The van der Waals surface area contributed by atoms with Crippen molar-refractivity contribution in [3.63, 3.8) is 0 Å². The Morgan fingerprint density at radius 2 is 0.419 bits per heavy atom. The van der Waals surface area contributed by atoms with E-state index in [1.807, 2.05) is 0 Å². The third-order valence-corrected chi connectivity index (χ3v) is 15.7. The van der Waals surface area contributed by atoms with Crippen molar-refractivity contribution >= 4 is 0 Å². The maximum atomic E-state index is 6.11. The fourth-order valence-electron chi connectivity index (χ4n) is 10.5. The summed E-state index contributed by atoms with van der Waals surface area (Å²) in [5.41, 5.74) is 2.45. The van der Waals surface area contributed by atoms with Gasteiger partial charge in [-0.2, -0.15) is 0 Å². The molecule has 10 heteroatoms. The molecule has 6 nitrogen and oxygen atoms in total. The molecule has 74 heavy (non-hydrogen) atoms. The van der Waals surface area contributed by atoms with Crippen LogP contribution in [-0.2, 0) is 0 Å². The molecule has 0 aliphatic carbocycles. The molecule has 0 radical (unpaired) electrons. The number of rotatable bonds is 49. The van der Waals surface area contributed by atoms with Gasteiger partial charge in [0.15, 0.2) is 0 Å². The lowest BCUT2D eigenvalue weighted by Crippen LogP contribution is -3.00. The molecule has 0 saturated carbocycles. The zero-order chi connectivity index (χ0) is 51.1. The van der Waals surface area contributed by atoms with Crippen LogP contribution in [0.25, 0.3) is 11.1 Å². The molecule has 0 heterocycles. The smallest absolute Gasteiger partial charge is 0.119 e. The van der Waals surface area contributed by atoms with E-state index in [1.165, 1.54) is 274 Å². The monoisotopic (exact) mass is 1290 g/mol. The van der Waals surface area contributed by atoms with Crippen molar-refractivity contribution in [2.45, 2.75) is 219 Å². The van der Waals surface area contributed by atoms with Gasteiger partial charge in [0.1, 0.15) is 11.5 Å². The summed E-state index contributed by atoms with van der Waals surface area (Å²) in [6.45, 7) is 17.0. The summed E-state index contributed by atoms with van der Waals surface area (Å²) in [5.74, 6) is 1.95. The highest BCUT2D eigenvalue weighted by Gasteiger charge is 2.18. The molecule has 0 N–H and O–H groups in total. The first-order chi connectivity index (χ1) is 33.7. The molecule has 0 aliphatic heterocycles.